The summed E-state index contributed by atoms with van der Waals surface area (Å²) in [6.45, 7) is 5.10. The predicted molar refractivity (Wildman–Crippen MR) is 100 cm³/mol. The Morgan fingerprint density at radius 1 is 1.23 bits per heavy atom. The molecule has 0 unspecified atom stereocenters. The fraction of sp³-hybridized carbons (Fsp3) is 0.167. The van der Waals surface area contributed by atoms with Gasteiger partial charge < -0.3 is 4.74 Å². The van der Waals surface area contributed by atoms with Crippen molar-refractivity contribution in [3.05, 3.63) is 60.4 Å². The van der Waals surface area contributed by atoms with Crippen LogP contribution in [0.25, 0.3) is 5.70 Å². The molecule has 0 bridgehead atoms. The van der Waals surface area contributed by atoms with Crippen molar-refractivity contribution in [3.8, 4) is 5.75 Å². The van der Waals surface area contributed by atoms with Crippen LogP contribution in [-0.2, 0) is 0 Å². The Kier molecular flexibility index (Phi) is 6.70. The number of rotatable bonds is 7. The maximum absolute atomic E-state index is 14.0. The van der Waals surface area contributed by atoms with Crippen LogP contribution in [0.5, 0.6) is 5.75 Å². The van der Waals surface area contributed by atoms with Crippen molar-refractivity contribution in [2.75, 3.05) is 12.1 Å². The lowest BCUT2D eigenvalue weighted by Gasteiger charge is -2.23. The standard InChI is InChI=1S/C18H18F3N3OS/c1-11(18(20)21)23-24(14-5-7-15(26-22)8-6-14)12(2)13-4-9-17(25-3)16(19)10-13/h4-10,18H,2,22H2,1,3H3/b23-11+. The van der Waals surface area contributed by atoms with Crippen LogP contribution >= 0.6 is 11.9 Å². The summed E-state index contributed by atoms with van der Waals surface area (Å²) in [5.74, 6) is -0.514. The van der Waals surface area contributed by atoms with Gasteiger partial charge in [-0.2, -0.15) is 5.10 Å². The topological polar surface area (TPSA) is 50.8 Å². The summed E-state index contributed by atoms with van der Waals surface area (Å²) in [5.41, 5.74) is 0.715. The van der Waals surface area contributed by atoms with E-state index >= 15 is 0 Å². The molecule has 0 atom stereocenters. The lowest BCUT2D eigenvalue weighted by atomic mass is 10.1. The zero-order valence-corrected chi connectivity index (χ0v) is 15.1. The summed E-state index contributed by atoms with van der Waals surface area (Å²) in [4.78, 5) is 0.796. The second kappa shape index (κ2) is 8.77. The number of hydrogen-bond donors (Lipinski definition) is 1. The molecule has 2 aromatic rings. The molecular weight excluding hydrogens is 363 g/mol. The Morgan fingerprint density at radius 3 is 2.38 bits per heavy atom. The molecule has 2 rings (SSSR count). The zero-order chi connectivity index (χ0) is 19.3. The number of nitrogens with two attached hydrogens (primary N) is 1. The molecule has 0 aromatic heterocycles. The highest BCUT2D eigenvalue weighted by atomic mass is 32.2. The first-order chi connectivity index (χ1) is 12.4. The number of nitrogens with zero attached hydrogens (tertiary/aromatic N) is 2. The van der Waals surface area contributed by atoms with Crippen LogP contribution in [0.3, 0.4) is 0 Å². The number of benzene rings is 2. The van der Waals surface area contributed by atoms with E-state index in [4.69, 9.17) is 9.88 Å². The summed E-state index contributed by atoms with van der Waals surface area (Å²) in [5, 5.41) is 10.7. The Morgan fingerprint density at radius 2 is 1.88 bits per heavy atom. The SMILES string of the molecule is C=C(c1ccc(OC)c(F)c1)N(/N=C(\C)C(F)F)c1ccc(SN)cc1. The van der Waals surface area contributed by atoms with Crippen LogP contribution < -0.4 is 14.9 Å². The van der Waals surface area contributed by atoms with Gasteiger partial charge in [-0.1, -0.05) is 6.58 Å². The number of alkyl halides is 2. The monoisotopic (exact) mass is 381 g/mol. The third kappa shape index (κ3) is 4.59. The van der Waals surface area contributed by atoms with E-state index in [1.807, 2.05) is 0 Å². The van der Waals surface area contributed by atoms with E-state index in [2.05, 4.69) is 11.7 Å². The fourth-order valence-corrected chi connectivity index (χ4v) is 2.40. The van der Waals surface area contributed by atoms with Gasteiger partial charge in [-0.05, 0) is 61.3 Å². The summed E-state index contributed by atoms with van der Waals surface area (Å²) in [6, 6.07) is 11.0. The lowest BCUT2D eigenvalue weighted by Crippen LogP contribution is -2.19. The van der Waals surface area contributed by atoms with Gasteiger partial charge in [0.25, 0.3) is 6.43 Å². The third-order valence-electron chi connectivity index (χ3n) is 3.53. The molecule has 0 aliphatic rings. The van der Waals surface area contributed by atoms with Crippen molar-refractivity contribution < 1.29 is 17.9 Å². The second-order valence-electron chi connectivity index (χ2n) is 5.26. The number of anilines is 1. The van der Waals surface area contributed by atoms with E-state index < -0.39 is 18.0 Å². The second-order valence-corrected chi connectivity index (χ2v) is 5.97. The molecule has 0 spiro atoms. The van der Waals surface area contributed by atoms with Crippen molar-refractivity contribution in [1.29, 1.82) is 0 Å². The van der Waals surface area contributed by atoms with Gasteiger partial charge in [-0.3, -0.25) is 5.14 Å². The highest BCUT2D eigenvalue weighted by Crippen LogP contribution is 2.29. The van der Waals surface area contributed by atoms with Crippen LogP contribution in [0.4, 0.5) is 18.9 Å². The summed E-state index contributed by atoms with van der Waals surface area (Å²) < 4.78 is 44.8. The van der Waals surface area contributed by atoms with Gasteiger partial charge in [-0.25, -0.2) is 18.2 Å². The van der Waals surface area contributed by atoms with Gasteiger partial charge in [-0.15, -0.1) is 0 Å². The van der Waals surface area contributed by atoms with E-state index in [9.17, 15) is 13.2 Å². The van der Waals surface area contributed by atoms with Crippen LogP contribution in [0, 0.1) is 5.82 Å². The minimum atomic E-state index is -2.73. The Bertz CT molecular complexity index is 810. The Balaban J connectivity index is 2.46. The molecule has 138 valence electrons. The van der Waals surface area contributed by atoms with Crippen molar-refractivity contribution in [2.45, 2.75) is 18.2 Å². The predicted octanol–water partition coefficient (Wildman–Crippen LogP) is 4.92. The average molecular weight is 381 g/mol. The van der Waals surface area contributed by atoms with Crippen molar-refractivity contribution in [3.63, 3.8) is 0 Å². The van der Waals surface area contributed by atoms with Gasteiger partial charge in [0.05, 0.1) is 18.5 Å². The van der Waals surface area contributed by atoms with Crippen LogP contribution in [0.2, 0.25) is 0 Å². The van der Waals surface area contributed by atoms with Crippen LogP contribution in [-0.4, -0.2) is 19.2 Å². The van der Waals surface area contributed by atoms with E-state index in [0.717, 1.165) is 16.8 Å². The number of methoxy groups -OCH3 is 1. The van der Waals surface area contributed by atoms with E-state index in [-0.39, 0.29) is 11.4 Å². The lowest BCUT2D eigenvalue weighted by molar-refractivity contribution is 0.224. The first-order valence-electron chi connectivity index (χ1n) is 7.50. The normalized spacial score (nSPS) is 11.6. The molecule has 26 heavy (non-hydrogen) atoms. The summed E-state index contributed by atoms with van der Waals surface area (Å²) in [6.07, 6.45) is -2.73. The molecule has 0 radical (unpaired) electrons. The molecule has 0 saturated heterocycles. The fourth-order valence-electron chi connectivity index (χ4n) is 2.11. The van der Waals surface area contributed by atoms with Gasteiger partial charge in [0.2, 0.25) is 0 Å². The smallest absolute Gasteiger partial charge is 0.278 e. The summed E-state index contributed by atoms with van der Waals surface area (Å²) in [7, 11) is 1.35. The van der Waals surface area contributed by atoms with Crippen molar-refractivity contribution >= 4 is 29.0 Å². The van der Waals surface area contributed by atoms with Crippen molar-refractivity contribution in [2.24, 2.45) is 10.2 Å². The molecule has 2 aromatic carbocycles. The number of hydrazone groups is 1. The molecule has 8 heteroatoms. The molecule has 0 saturated carbocycles. The Hall–Kier alpha value is -2.45. The number of halogens is 3. The molecule has 0 aliphatic heterocycles. The first kappa shape index (κ1) is 19.9. The molecular formula is C18H18F3N3OS. The molecule has 0 heterocycles. The van der Waals surface area contributed by atoms with Crippen LogP contribution in [0.1, 0.15) is 12.5 Å². The van der Waals surface area contributed by atoms with E-state index in [1.54, 1.807) is 30.3 Å². The van der Waals surface area contributed by atoms with Gasteiger partial charge in [0, 0.05) is 10.5 Å². The number of hydrogen-bond acceptors (Lipinski definition) is 5. The highest BCUT2D eigenvalue weighted by Gasteiger charge is 2.17. The van der Waals surface area contributed by atoms with E-state index in [1.165, 1.54) is 31.2 Å². The maximum atomic E-state index is 14.0. The molecule has 4 nitrogen and oxygen atoms in total. The highest BCUT2D eigenvalue weighted by molar-refractivity contribution is 7.97. The minimum Gasteiger partial charge on any atom is -0.494 e. The average Bonchev–Trinajstić information content (AvgIpc) is 2.65. The van der Waals surface area contributed by atoms with Gasteiger partial charge >= 0.3 is 0 Å². The Labute approximate surface area is 154 Å². The zero-order valence-electron chi connectivity index (χ0n) is 14.2. The summed E-state index contributed by atoms with van der Waals surface area (Å²) >= 11 is 1.06. The molecule has 0 fully saturated rings. The van der Waals surface area contributed by atoms with E-state index in [0.29, 0.717) is 11.3 Å². The molecule has 0 aliphatic carbocycles. The maximum Gasteiger partial charge on any atom is 0.278 e. The van der Waals surface area contributed by atoms with Crippen molar-refractivity contribution in [1.82, 2.24) is 0 Å². The van der Waals surface area contributed by atoms with Crippen LogP contribution in [0.15, 0.2) is 59.0 Å². The molecule has 2 N–H and O–H groups in total. The largest absolute Gasteiger partial charge is 0.494 e. The van der Waals surface area contributed by atoms with Gasteiger partial charge in [0.1, 0.15) is 5.71 Å². The number of ether oxygens (including phenoxy) is 1. The third-order valence-corrected chi connectivity index (χ3v) is 4.08. The minimum absolute atomic E-state index is 0.0738. The quantitative estimate of drug-likeness (QED) is 0.420. The van der Waals surface area contributed by atoms with Gasteiger partial charge in [0.15, 0.2) is 11.6 Å². The molecule has 0 amide bonds. The first-order valence-corrected chi connectivity index (χ1v) is 8.38.